The Labute approximate surface area is 207 Å². The van der Waals surface area contributed by atoms with Crippen LogP contribution in [-0.4, -0.2) is 39.0 Å². The fourth-order valence-electron chi connectivity index (χ4n) is 3.67. The first kappa shape index (κ1) is 25.5. The predicted octanol–water partition coefficient (Wildman–Crippen LogP) is 4.53. The van der Waals surface area contributed by atoms with Gasteiger partial charge in [-0.15, -0.1) is 0 Å². The van der Waals surface area contributed by atoms with E-state index in [-0.39, 0.29) is 12.5 Å². The molecular weight excluding hydrogens is 496 g/mol. The summed E-state index contributed by atoms with van der Waals surface area (Å²) in [5, 5.41) is 5.72. The summed E-state index contributed by atoms with van der Waals surface area (Å²) in [6.45, 7) is 0.407. The van der Waals surface area contributed by atoms with Crippen molar-refractivity contribution in [3.05, 3.63) is 89.8 Å². The number of carbonyl (C=O) groups is 1. The second-order valence-corrected chi connectivity index (χ2v) is 9.40. The van der Waals surface area contributed by atoms with Gasteiger partial charge in [-0.2, -0.15) is 13.2 Å². The van der Waals surface area contributed by atoms with E-state index in [4.69, 9.17) is 0 Å². The lowest BCUT2D eigenvalue weighted by atomic mass is 10.1. The van der Waals surface area contributed by atoms with Crippen molar-refractivity contribution in [2.24, 2.45) is 0 Å². The van der Waals surface area contributed by atoms with Gasteiger partial charge in [-0.1, -0.05) is 24.3 Å². The molecule has 1 amide bonds. The molecule has 11 heteroatoms. The zero-order chi connectivity index (χ0) is 25.9. The van der Waals surface area contributed by atoms with E-state index in [0.29, 0.717) is 34.1 Å². The summed E-state index contributed by atoms with van der Waals surface area (Å²) < 4.78 is 66.3. The first-order valence-corrected chi connectivity index (χ1v) is 12.0. The summed E-state index contributed by atoms with van der Waals surface area (Å²) in [5.74, 6) is -0.340. The number of anilines is 1. The molecule has 2 heterocycles. The lowest BCUT2D eigenvalue weighted by Gasteiger charge is -2.22. The van der Waals surface area contributed by atoms with E-state index in [2.05, 4.69) is 15.6 Å². The van der Waals surface area contributed by atoms with Crippen molar-refractivity contribution in [3.63, 3.8) is 0 Å². The monoisotopic (exact) mass is 518 g/mol. The molecule has 0 bridgehead atoms. The third-order valence-electron chi connectivity index (χ3n) is 5.53. The molecule has 0 aliphatic carbocycles. The maximum atomic E-state index is 13.2. The Morgan fingerprint density at radius 2 is 1.81 bits per heavy atom. The fourth-order valence-corrected chi connectivity index (χ4v) is 4.90. The van der Waals surface area contributed by atoms with Crippen LogP contribution < -0.4 is 10.6 Å². The smallest absolute Gasteiger partial charge is 0.373 e. The second-order valence-electron chi connectivity index (χ2n) is 7.96. The Morgan fingerprint density at radius 3 is 2.44 bits per heavy atom. The van der Waals surface area contributed by atoms with Crippen LogP contribution in [0, 0.1) is 5.82 Å². The number of nitrogens with one attached hydrogen (secondary N) is 2. The summed E-state index contributed by atoms with van der Waals surface area (Å²) in [6.07, 6.45) is -1.05. The van der Waals surface area contributed by atoms with Crippen LogP contribution in [0.2, 0.25) is 0 Å². The number of hydrogen-bond donors (Lipinski definition) is 2. The number of halogens is 4. The molecule has 0 saturated heterocycles. The highest BCUT2D eigenvalue weighted by molar-refractivity contribution is 7.82. The van der Waals surface area contributed by atoms with E-state index < -0.39 is 34.6 Å². The maximum Gasteiger partial charge on any atom is 0.416 e. The van der Waals surface area contributed by atoms with Gasteiger partial charge in [-0.25, -0.2) is 17.9 Å². The third kappa shape index (κ3) is 5.80. The van der Waals surface area contributed by atoms with Crippen LogP contribution in [0.3, 0.4) is 0 Å². The largest absolute Gasteiger partial charge is 0.416 e. The van der Waals surface area contributed by atoms with Gasteiger partial charge in [-0.3, -0.25) is 4.79 Å². The van der Waals surface area contributed by atoms with Crippen LogP contribution in [0.5, 0.6) is 0 Å². The van der Waals surface area contributed by atoms with Gasteiger partial charge in [0.1, 0.15) is 28.7 Å². The van der Waals surface area contributed by atoms with Crippen molar-refractivity contribution in [1.29, 1.82) is 0 Å². The Hall–Kier alpha value is -3.57. The minimum absolute atomic E-state index is 0.116. The summed E-state index contributed by atoms with van der Waals surface area (Å²) in [7, 11) is -0.00471. The number of carbonyl (C=O) groups excluding carboxylic acids is 1. The summed E-state index contributed by atoms with van der Waals surface area (Å²) in [6, 6.07) is 12.5. The van der Waals surface area contributed by atoms with Gasteiger partial charge in [0.25, 0.3) is 0 Å². The van der Waals surface area contributed by atoms with Crippen molar-refractivity contribution in [2.75, 3.05) is 18.9 Å². The molecule has 0 spiro atoms. The minimum atomic E-state index is -4.43. The average Bonchev–Trinajstić information content (AvgIpc) is 3.37. The molecule has 2 unspecified atom stereocenters. The molecule has 4 rings (SSSR count). The normalized spacial score (nSPS) is 16.6. The molecule has 0 fully saturated rings. The number of aromatic nitrogens is 1. The SMILES string of the molecule is CNc1cc(CNC(=O)C2C=CCN2S(=O)c2ccc(F)cc2)cc(-c2ccc(C(F)(F)F)cc2)n1. The molecular formula is C25H22F4N4O2S. The Kier molecular flexibility index (Phi) is 7.51. The molecule has 36 heavy (non-hydrogen) atoms. The standard InChI is InChI=1S/C25H22F4N4O2S/c1-30-23-14-16(13-21(32-23)17-4-6-18(7-5-17)25(27,28)29)15-31-24(34)22-3-2-12-33(22)36(35)20-10-8-19(26)9-11-20/h2-11,13-14,22H,12,15H2,1H3,(H,30,32)(H,31,34). The molecule has 3 aromatic rings. The van der Waals surface area contributed by atoms with Crippen LogP contribution in [0.4, 0.5) is 23.4 Å². The Balaban J connectivity index is 1.47. The van der Waals surface area contributed by atoms with Crippen LogP contribution in [-0.2, 0) is 28.5 Å². The van der Waals surface area contributed by atoms with E-state index >= 15 is 0 Å². The van der Waals surface area contributed by atoms with E-state index in [9.17, 15) is 26.6 Å². The van der Waals surface area contributed by atoms with E-state index in [1.807, 2.05) is 0 Å². The summed E-state index contributed by atoms with van der Waals surface area (Å²) in [4.78, 5) is 17.7. The number of benzene rings is 2. The van der Waals surface area contributed by atoms with E-state index in [1.54, 1.807) is 31.3 Å². The lowest BCUT2D eigenvalue weighted by molar-refractivity contribution is -0.137. The van der Waals surface area contributed by atoms with Crippen LogP contribution in [0.25, 0.3) is 11.3 Å². The molecule has 2 N–H and O–H groups in total. The topological polar surface area (TPSA) is 74.3 Å². The third-order valence-corrected chi connectivity index (χ3v) is 7.00. The fraction of sp³-hybridized carbons (Fsp3) is 0.200. The number of pyridine rings is 1. The van der Waals surface area contributed by atoms with Gasteiger partial charge in [0.05, 0.1) is 16.2 Å². The van der Waals surface area contributed by atoms with Crippen molar-refractivity contribution < 1.29 is 26.6 Å². The highest BCUT2D eigenvalue weighted by atomic mass is 32.2. The maximum absolute atomic E-state index is 13.2. The highest BCUT2D eigenvalue weighted by Crippen LogP contribution is 2.31. The number of hydrogen-bond acceptors (Lipinski definition) is 4. The number of rotatable bonds is 7. The van der Waals surface area contributed by atoms with Crippen molar-refractivity contribution >= 4 is 22.7 Å². The Morgan fingerprint density at radius 1 is 1.11 bits per heavy atom. The molecule has 1 aliphatic heterocycles. The molecule has 188 valence electrons. The van der Waals surface area contributed by atoms with Crippen LogP contribution >= 0.6 is 0 Å². The molecule has 1 aromatic heterocycles. The van der Waals surface area contributed by atoms with Crippen LogP contribution in [0.15, 0.2) is 77.7 Å². The van der Waals surface area contributed by atoms with E-state index in [1.165, 1.54) is 40.7 Å². The highest BCUT2D eigenvalue weighted by Gasteiger charge is 2.32. The van der Waals surface area contributed by atoms with Gasteiger partial charge < -0.3 is 10.6 Å². The minimum Gasteiger partial charge on any atom is -0.373 e. The molecule has 2 aromatic carbocycles. The number of alkyl halides is 3. The quantitative estimate of drug-likeness (QED) is 0.356. The zero-order valence-corrected chi connectivity index (χ0v) is 19.9. The van der Waals surface area contributed by atoms with Gasteiger partial charge in [0, 0.05) is 25.7 Å². The molecule has 2 atom stereocenters. The molecule has 0 radical (unpaired) electrons. The molecule has 1 aliphatic rings. The van der Waals surface area contributed by atoms with Gasteiger partial charge in [0.15, 0.2) is 0 Å². The predicted molar refractivity (Wildman–Crippen MR) is 129 cm³/mol. The number of amides is 1. The first-order valence-electron chi connectivity index (χ1n) is 10.9. The van der Waals surface area contributed by atoms with Gasteiger partial charge in [0.2, 0.25) is 5.91 Å². The number of nitrogens with zero attached hydrogens (tertiary/aromatic N) is 2. The van der Waals surface area contributed by atoms with E-state index in [0.717, 1.165) is 12.1 Å². The summed E-state index contributed by atoms with van der Waals surface area (Å²) >= 11 is 0. The van der Waals surface area contributed by atoms with Crippen molar-refractivity contribution in [2.45, 2.75) is 23.7 Å². The van der Waals surface area contributed by atoms with Crippen molar-refractivity contribution in [3.8, 4) is 11.3 Å². The van der Waals surface area contributed by atoms with Gasteiger partial charge in [-0.05, 0) is 54.1 Å². The zero-order valence-electron chi connectivity index (χ0n) is 19.1. The Bertz CT molecular complexity index is 1290. The second kappa shape index (κ2) is 10.6. The van der Waals surface area contributed by atoms with Gasteiger partial charge >= 0.3 is 6.18 Å². The lowest BCUT2D eigenvalue weighted by Crippen LogP contribution is -2.43. The first-order chi connectivity index (χ1) is 17.2. The van der Waals surface area contributed by atoms with Crippen LogP contribution in [0.1, 0.15) is 11.1 Å². The van der Waals surface area contributed by atoms with Crippen molar-refractivity contribution in [1.82, 2.24) is 14.6 Å². The molecule has 6 nitrogen and oxygen atoms in total. The summed E-state index contributed by atoms with van der Waals surface area (Å²) in [5.41, 5.74) is 0.855. The molecule has 0 saturated carbocycles. The average molecular weight is 519 g/mol.